The molecule has 0 amide bonds. The lowest BCUT2D eigenvalue weighted by molar-refractivity contribution is 0.347. The van der Waals surface area contributed by atoms with E-state index in [1.54, 1.807) is 0 Å². The highest BCUT2D eigenvalue weighted by Crippen LogP contribution is 2.21. The van der Waals surface area contributed by atoms with Gasteiger partial charge in [0.05, 0.1) is 5.54 Å². The van der Waals surface area contributed by atoms with Crippen molar-refractivity contribution in [1.29, 1.82) is 0 Å². The van der Waals surface area contributed by atoms with Crippen LogP contribution in [0.15, 0.2) is 34.9 Å². The van der Waals surface area contributed by atoms with Crippen LogP contribution >= 0.6 is 0 Å². The molecule has 4 nitrogen and oxygen atoms in total. The lowest BCUT2D eigenvalue weighted by Gasteiger charge is -2.20. The lowest BCUT2D eigenvalue weighted by Crippen LogP contribution is -2.35. The molecule has 0 bridgehead atoms. The fourth-order valence-electron chi connectivity index (χ4n) is 1.96. The second-order valence-electron chi connectivity index (χ2n) is 5.16. The molecule has 1 aromatic heterocycles. The molecule has 2 aromatic rings. The quantitative estimate of drug-likeness (QED) is 0.866. The monoisotopic (exact) mass is 259 g/mol. The first-order valence-electron chi connectivity index (χ1n) is 6.77. The summed E-state index contributed by atoms with van der Waals surface area (Å²) in [6, 6.07) is 10.3. The molecule has 4 heteroatoms. The molecule has 1 unspecified atom stereocenters. The van der Waals surface area contributed by atoms with Crippen LogP contribution in [0.4, 0.5) is 0 Å². The number of nitrogens with two attached hydrogens (primary N) is 1. The van der Waals surface area contributed by atoms with Gasteiger partial charge in [0, 0.05) is 6.42 Å². The molecule has 1 atom stereocenters. The number of aromatic nitrogens is 2. The van der Waals surface area contributed by atoms with E-state index in [2.05, 4.69) is 29.2 Å². The number of hydrogen-bond acceptors (Lipinski definition) is 4. The maximum absolute atomic E-state index is 6.31. The van der Waals surface area contributed by atoms with Gasteiger partial charge in [-0.15, -0.1) is 0 Å². The van der Waals surface area contributed by atoms with Crippen molar-refractivity contribution in [2.45, 2.75) is 45.1 Å². The maximum Gasteiger partial charge on any atom is 0.226 e. The molecule has 0 aliphatic rings. The molecule has 0 aliphatic heterocycles. The van der Waals surface area contributed by atoms with Gasteiger partial charge in [0.1, 0.15) is 0 Å². The van der Waals surface area contributed by atoms with Crippen LogP contribution in [0.1, 0.15) is 44.0 Å². The highest BCUT2D eigenvalue weighted by atomic mass is 16.5. The molecule has 102 valence electrons. The van der Waals surface area contributed by atoms with E-state index < -0.39 is 5.54 Å². The lowest BCUT2D eigenvalue weighted by atomic mass is 9.93. The van der Waals surface area contributed by atoms with E-state index in [-0.39, 0.29) is 0 Å². The summed E-state index contributed by atoms with van der Waals surface area (Å²) < 4.78 is 5.20. The Labute approximate surface area is 114 Å². The topological polar surface area (TPSA) is 64.9 Å². The number of nitrogens with zero attached hydrogens (tertiary/aromatic N) is 2. The highest BCUT2D eigenvalue weighted by molar-refractivity contribution is 5.16. The number of aryl methyl sites for hydroxylation is 2. The molecule has 2 rings (SSSR count). The summed E-state index contributed by atoms with van der Waals surface area (Å²) in [5.41, 5.74) is 7.03. The summed E-state index contributed by atoms with van der Waals surface area (Å²) in [7, 11) is 0. The Hall–Kier alpha value is -1.68. The minimum atomic E-state index is -0.550. The van der Waals surface area contributed by atoms with Crippen LogP contribution in [0.3, 0.4) is 0 Å². The van der Waals surface area contributed by atoms with Crippen LogP contribution in [-0.4, -0.2) is 10.1 Å². The van der Waals surface area contributed by atoms with Crippen molar-refractivity contribution in [1.82, 2.24) is 10.1 Å². The predicted molar refractivity (Wildman–Crippen MR) is 74.6 cm³/mol. The fourth-order valence-corrected chi connectivity index (χ4v) is 1.96. The molecule has 0 spiro atoms. The third-order valence-electron chi connectivity index (χ3n) is 3.22. The third-order valence-corrected chi connectivity index (χ3v) is 3.22. The van der Waals surface area contributed by atoms with Gasteiger partial charge < -0.3 is 10.3 Å². The van der Waals surface area contributed by atoms with E-state index in [4.69, 9.17) is 10.3 Å². The van der Waals surface area contributed by atoms with E-state index in [1.165, 1.54) is 5.56 Å². The third kappa shape index (κ3) is 3.64. The van der Waals surface area contributed by atoms with Crippen molar-refractivity contribution in [2.24, 2.45) is 5.73 Å². The Balaban J connectivity index is 2.00. The van der Waals surface area contributed by atoms with E-state index in [0.29, 0.717) is 11.7 Å². The van der Waals surface area contributed by atoms with E-state index in [1.807, 2.05) is 25.1 Å². The van der Waals surface area contributed by atoms with Gasteiger partial charge in [-0.25, -0.2) is 0 Å². The van der Waals surface area contributed by atoms with Gasteiger partial charge in [-0.2, -0.15) is 4.98 Å². The average Bonchev–Trinajstić information content (AvgIpc) is 2.88. The normalized spacial score (nSPS) is 14.3. The average molecular weight is 259 g/mol. The summed E-state index contributed by atoms with van der Waals surface area (Å²) in [6.07, 6.45) is 3.50. The second-order valence-corrected chi connectivity index (χ2v) is 5.16. The van der Waals surface area contributed by atoms with Crippen LogP contribution in [-0.2, 0) is 18.4 Å². The highest BCUT2D eigenvalue weighted by Gasteiger charge is 2.27. The van der Waals surface area contributed by atoms with Gasteiger partial charge in [0.15, 0.2) is 5.82 Å². The maximum atomic E-state index is 6.31. The van der Waals surface area contributed by atoms with Gasteiger partial charge >= 0.3 is 0 Å². The Bertz CT molecular complexity index is 505. The van der Waals surface area contributed by atoms with E-state index >= 15 is 0 Å². The summed E-state index contributed by atoms with van der Waals surface area (Å²) in [5, 5.41) is 4.01. The summed E-state index contributed by atoms with van der Waals surface area (Å²) in [6.45, 7) is 4.04. The SMILES string of the molecule is CCCc1nc(C(C)(N)CCc2ccccc2)no1. The minimum absolute atomic E-state index is 0.550. The van der Waals surface area contributed by atoms with Gasteiger partial charge in [0.2, 0.25) is 5.89 Å². The molecule has 0 fully saturated rings. The van der Waals surface area contributed by atoms with Crippen LogP contribution in [0.5, 0.6) is 0 Å². The molecule has 1 heterocycles. The first kappa shape index (κ1) is 13.7. The predicted octanol–water partition coefficient (Wildman–Crippen LogP) is 2.83. The molecule has 19 heavy (non-hydrogen) atoms. The summed E-state index contributed by atoms with van der Waals surface area (Å²) in [5.74, 6) is 1.28. The van der Waals surface area contributed by atoms with Crippen LogP contribution in [0, 0.1) is 0 Å². The van der Waals surface area contributed by atoms with Crippen molar-refractivity contribution in [3.8, 4) is 0 Å². The van der Waals surface area contributed by atoms with E-state index in [9.17, 15) is 0 Å². The number of benzene rings is 1. The molecular formula is C15H21N3O. The number of rotatable bonds is 6. The van der Waals surface area contributed by atoms with E-state index in [0.717, 1.165) is 25.7 Å². The van der Waals surface area contributed by atoms with Gasteiger partial charge in [-0.1, -0.05) is 42.4 Å². The molecule has 2 N–H and O–H groups in total. The zero-order valence-corrected chi connectivity index (χ0v) is 11.6. The Morgan fingerprint density at radius 3 is 2.63 bits per heavy atom. The Kier molecular flexibility index (Phi) is 4.32. The molecular weight excluding hydrogens is 238 g/mol. The first-order chi connectivity index (χ1) is 9.12. The zero-order valence-electron chi connectivity index (χ0n) is 11.6. The molecule has 0 saturated heterocycles. The standard InChI is InChI=1S/C15H21N3O/c1-3-7-13-17-14(18-19-13)15(2,16)11-10-12-8-5-4-6-9-12/h4-6,8-9H,3,7,10-11,16H2,1-2H3. The molecule has 0 radical (unpaired) electrons. The number of hydrogen-bond donors (Lipinski definition) is 1. The van der Waals surface area contributed by atoms with Crippen LogP contribution in [0.2, 0.25) is 0 Å². The Morgan fingerprint density at radius 2 is 1.95 bits per heavy atom. The second kappa shape index (κ2) is 5.97. The smallest absolute Gasteiger partial charge is 0.226 e. The minimum Gasteiger partial charge on any atom is -0.339 e. The van der Waals surface area contributed by atoms with Crippen LogP contribution < -0.4 is 5.73 Å². The largest absolute Gasteiger partial charge is 0.339 e. The fraction of sp³-hybridized carbons (Fsp3) is 0.467. The van der Waals surface area contributed by atoms with Crippen molar-refractivity contribution in [3.05, 3.63) is 47.6 Å². The van der Waals surface area contributed by atoms with Gasteiger partial charge in [0.25, 0.3) is 0 Å². The summed E-state index contributed by atoms with van der Waals surface area (Å²) in [4.78, 5) is 4.38. The van der Waals surface area contributed by atoms with Crippen LogP contribution in [0.25, 0.3) is 0 Å². The first-order valence-corrected chi connectivity index (χ1v) is 6.77. The van der Waals surface area contributed by atoms with Crippen molar-refractivity contribution < 1.29 is 4.52 Å². The van der Waals surface area contributed by atoms with Gasteiger partial charge in [-0.3, -0.25) is 0 Å². The van der Waals surface area contributed by atoms with Crippen molar-refractivity contribution >= 4 is 0 Å². The Morgan fingerprint density at radius 1 is 1.21 bits per heavy atom. The van der Waals surface area contributed by atoms with Gasteiger partial charge in [-0.05, 0) is 31.7 Å². The van der Waals surface area contributed by atoms with Crippen molar-refractivity contribution in [2.75, 3.05) is 0 Å². The summed E-state index contributed by atoms with van der Waals surface area (Å²) >= 11 is 0. The van der Waals surface area contributed by atoms with Crippen molar-refractivity contribution in [3.63, 3.8) is 0 Å². The molecule has 0 saturated carbocycles. The molecule has 0 aliphatic carbocycles. The molecule has 1 aromatic carbocycles. The zero-order chi connectivity index (χ0) is 13.7.